The second-order valence-electron chi connectivity index (χ2n) is 6.62. The van der Waals surface area contributed by atoms with E-state index in [0.29, 0.717) is 12.2 Å². The number of thiazole rings is 1. The summed E-state index contributed by atoms with van der Waals surface area (Å²) in [7, 11) is 0. The summed E-state index contributed by atoms with van der Waals surface area (Å²) in [6, 6.07) is 13.4. The fraction of sp³-hybridized carbons (Fsp3) is 0.300. The average molecular weight is 353 g/mol. The summed E-state index contributed by atoms with van der Waals surface area (Å²) in [6.07, 6.45) is 4.72. The largest absolute Gasteiger partial charge is 0.361 e. The Kier molecular flexibility index (Phi) is 4.25. The third-order valence-corrected chi connectivity index (χ3v) is 6.15. The molecule has 1 saturated carbocycles. The second-order valence-corrected chi connectivity index (χ2v) is 7.62. The fourth-order valence-electron chi connectivity index (χ4n) is 3.45. The Morgan fingerprint density at radius 1 is 1.16 bits per heavy atom. The van der Waals surface area contributed by atoms with Gasteiger partial charge in [0.1, 0.15) is 5.82 Å². The number of aryl methyl sites for hydroxylation is 1. The molecule has 128 valence electrons. The monoisotopic (exact) mass is 353 g/mol. The topological polar surface area (TPSA) is 37.8 Å². The van der Waals surface area contributed by atoms with Gasteiger partial charge in [-0.15, -0.1) is 0 Å². The van der Waals surface area contributed by atoms with Crippen molar-refractivity contribution in [3.63, 3.8) is 0 Å². The van der Waals surface area contributed by atoms with Crippen LogP contribution in [0.5, 0.6) is 0 Å². The van der Waals surface area contributed by atoms with Crippen LogP contribution in [-0.4, -0.2) is 16.5 Å². The molecule has 25 heavy (non-hydrogen) atoms. The van der Waals surface area contributed by atoms with Crippen LogP contribution in [0, 0.1) is 12.7 Å². The van der Waals surface area contributed by atoms with Crippen LogP contribution in [0.3, 0.4) is 0 Å². The Hall–Kier alpha value is -2.27. The minimum Gasteiger partial charge on any atom is -0.361 e. The van der Waals surface area contributed by atoms with Gasteiger partial charge in [0.25, 0.3) is 0 Å². The molecule has 1 aliphatic rings. The van der Waals surface area contributed by atoms with Crippen LogP contribution in [0.4, 0.5) is 9.52 Å². The normalized spacial score (nSPS) is 15.6. The lowest BCUT2D eigenvalue weighted by Crippen LogP contribution is -2.42. The number of aromatic nitrogens is 2. The van der Waals surface area contributed by atoms with Crippen molar-refractivity contribution >= 4 is 16.5 Å². The van der Waals surface area contributed by atoms with Crippen molar-refractivity contribution in [2.75, 3.05) is 11.9 Å². The maximum Gasteiger partial charge on any atom is 0.183 e. The third-order valence-electron chi connectivity index (χ3n) is 4.98. The maximum atomic E-state index is 14.2. The average Bonchev–Trinajstić information content (AvgIpc) is 2.97. The van der Waals surface area contributed by atoms with Crippen molar-refractivity contribution in [1.82, 2.24) is 9.97 Å². The molecular weight excluding hydrogens is 333 g/mol. The number of nitrogens with one attached hydrogen (secondary N) is 1. The first-order valence-corrected chi connectivity index (χ1v) is 9.37. The summed E-state index contributed by atoms with van der Waals surface area (Å²) in [5.74, 6) is -0.204. The summed E-state index contributed by atoms with van der Waals surface area (Å²) in [4.78, 5) is 10.2. The van der Waals surface area contributed by atoms with Gasteiger partial charge in [0.15, 0.2) is 5.13 Å². The number of rotatable bonds is 5. The van der Waals surface area contributed by atoms with E-state index in [1.165, 1.54) is 16.5 Å². The molecule has 0 atom stereocenters. The van der Waals surface area contributed by atoms with E-state index in [1.54, 1.807) is 23.6 Å². The zero-order valence-electron chi connectivity index (χ0n) is 14.1. The number of hydrogen-bond acceptors (Lipinski definition) is 4. The minimum absolute atomic E-state index is 0.204. The lowest BCUT2D eigenvalue weighted by molar-refractivity contribution is 0.243. The molecule has 1 fully saturated rings. The van der Waals surface area contributed by atoms with E-state index in [-0.39, 0.29) is 11.2 Å². The zero-order valence-corrected chi connectivity index (χ0v) is 14.9. The summed E-state index contributed by atoms with van der Waals surface area (Å²) in [5.41, 5.74) is 2.58. The van der Waals surface area contributed by atoms with Gasteiger partial charge in [0, 0.05) is 18.2 Å². The molecule has 0 saturated heterocycles. The Labute approximate surface area is 151 Å². The first kappa shape index (κ1) is 16.2. The predicted octanol–water partition coefficient (Wildman–Crippen LogP) is 5.19. The molecule has 3 aromatic rings. The van der Waals surface area contributed by atoms with Gasteiger partial charge in [0.2, 0.25) is 0 Å². The van der Waals surface area contributed by atoms with Gasteiger partial charge in [-0.3, -0.25) is 4.98 Å². The van der Waals surface area contributed by atoms with Crippen molar-refractivity contribution in [3.8, 4) is 10.4 Å². The molecule has 1 aliphatic carbocycles. The highest BCUT2D eigenvalue weighted by Crippen LogP contribution is 2.44. The molecule has 2 aromatic heterocycles. The van der Waals surface area contributed by atoms with Crippen LogP contribution in [0.2, 0.25) is 0 Å². The van der Waals surface area contributed by atoms with Crippen LogP contribution >= 0.6 is 11.3 Å². The van der Waals surface area contributed by atoms with E-state index < -0.39 is 0 Å². The minimum atomic E-state index is -0.210. The number of nitrogens with zero attached hydrogens (tertiary/aromatic N) is 2. The van der Waals surface area contributed by atoms with Crippen LogP contribution in [0.15, 0.2) is 48.7 Å². The van der Waals surface area contributed by atoms with Crippen LogP contribution in [-0.2, 0) is 5.41 Å². The molecule has 1 N–H and O–H groups in total. The molecule has 5 heteroatoms. The molecule has 2 heterocycles. The highest BCUT2D eigenvalue weighted by molar-refractivity contribution is 7.19. The van der Waals surface area contributed by atoms with Gasteiger partial charge in [-0.25, -0.2) is 9.37 Å². The lowest BCUT2D eigenvalue weighted by Gasteiger charge is -2.41. The van der Waals surface area contributed by atoms with Gasteiger partial charge < -0.3 is 5.32 Å². The van der Waals surface area contributed by atoms with Crippen molar-refractivity contribution in [2.24, 2.45) is 0 Å². The molecule has 0 unspecified atom stereocenters. The Bertz CT molecular complexity index is 872. The SMILES string of the molecule is Cc1nc(NCC2(c3ncccc3F)CCC2)sc1-c1ccccc1. The zero-order chi connectivity index (χ0) is 17.3. The van der Waals surface area contributed by atoms with Gasteiger partial charge in [-0.1, -0.05) is 48.1 Å². The van der Waals surface area contributed by atoms with E-state index in [4.69, 9.17) is 0 Å². The molecule has 0 bridgehead atoms. The van der Waals surface area contributed by atoms with Crippen LogP contribution in [0.25, 0.3) is 10.4 Å². The van der Waals surface area contributed by atoms with Crippen LogP contribution in [0.1, 0.15) is 30.7 Å². The smallest absolute Gasteiger partial charge is 0.183 e. The lowest BCUT2D eigenvalue weighted by atomic mass is 9.66. The maximum absolute atomic E-state index is 14.2. The molecule has 0 spiro atoms. The highest BCUT2D eigenvalue weighted by Gasteiger charge is 2.41. The summed E-state index contributed by atoms with van der Waals surface area (Å²) in [5, 5.41) is 4.33. The molecule has 0 amide bonds. The predicted molar refractivity (Wildman–Crippen MR) is 101 cm³/mol. The first-order valence-electron chi connectivity index (χ1n) is 8.56. The van der Waals surface area contributed by atoms with Crippen molar-refractivity contribution in [2.45, 2.75) is 31.6 Å². The molecule has 1 aromatic carbocycles. The van der Waals surface area contributed by atoms with Crippen molar-refractivity contribution < 1.29 is 4.39 Å². The Morgan fingerprint density at radius 2 is 1.96 bits per heavy atom. The van der Waals surface area contributed by atoms with E-state index >= 15 is 0 Å². The van der Waals surface area contributed by atoms with Gasteiger partial charge in [0.05, 0.1) is 16.3 Å². The van der Waals surface area contributed by atoms with Crippen molar-refractivity contribution in [1.29, 1.82) is 0 Å². The third kappa shape index (κ3) is 3.04. The number of hydrogen-bond donors (Lipinski definition) is 1. The van der Waals surface area contributed by atoms with Crippen molar-refractivity contribution in [3.05, 3.63) is 65.9 Å². The second kappa shape index (κ2) is 6.56. The molecular formula is C20H20FN3S. The Morgan fingerprint density at radius 3 is 2.64 bits per heavy atom. The standard InChI is InChI=1S/C20H20FN3S/c1-14-17(15-7-3-2-4-8-15)25-19(24-14)23-13-20(10-6-11-20)18-16(21)9-5-12-22-18/h2-5,7-9,12H,6,10-11,13H2,1H3,(H,23,24). The highest BCUT2D eigenvalue weighted by atomic mass is 32.1. The summed E-state index contributed by atoms with van der Waals surface area (Å²) < 4.78 is 14.2. The van der Waals surface area contributed by atoms with E-state index in [9.17, 15) is 4.39 Å². The summed E-state index contributed by atoms with van der Waals surface area (Å²) in [6.45, 7) is 2.70. The molecule has 0 radical (unpaired) electrons. The molecule has 3 nitrogen and oxygen atoms in total. The van der Waals surface area contributed by atoms with Crippen LogP contribution < -0.4 is 5.32 Å². The van der Waals surface area contributed by atoms with Gasteiger partial charge in [-0.2, -0.15) is 0 Å². The van der Waals surface area contributed by atoms with E-state index in [2.05, 4.69) is 27.4 Å². The summed E-state index contributed by atoms with van der Waals surface area (Å²) >= 11 is 1.65. The number of pyridine rings is 1. The number of halogens is 1. The molecule has 0 aliphatic heterocycles. The Balaban J connectivity index is 1.54. The van der Waals surface area contributed by atoms with E-state index in [0.717, 1.165) is 30.1 Å². The number of anilines is 1. The van der Waals surface area contributed by atoms with E-state index in [1.807, 2.05) is 25.1 Å². The van der Waals surface area contributed by atoms with Gasteiger partial charge in [-0.05, 0) is 37.5 Å². The first-order chi connectivity index (χ1) is 12.2. The fourth-order valence-corrected chi connectivity index (χ4v) is 4.42. The quantitative estimate of drug-likeness (QED) is 0.686. The number of benzene rings is 1. The van der Waals surface area contributed by atoms with Gasteiger partial charge >= 0.3 is 0 Å². The molecule has 4 rings (SSSR count).